The number of carbonyl (C=O) groups excluding carboxylic acids is 1. The molecule has 0 heterocycles. The third-order valence-corrected chi connectivity index (χ3v) is 4.09. The van der Waals surface area contributed by atoms with Gasteiger partial charge in [-0.2, -0.15) is 0 Å². The lowest BCUT2D eigenvalue weighted by atomic mass is 10.1. The third-order valence-electron chi connectivity index (χ3n) is 2.31. The molecule has 0 spiro atoms. The van der Waals surface area contributed by atoms with E-state index in [-0.39, 0.29) is 16.7 Å². The normalized spacial score (nSPS) is 12.2. The molecule has 0 aromatic heterocycles. The summed E-state index contributed by atoms with van der Waals surface area (Å²) >= 11 is 5.72. The number of carbonyl (C=O) groups is 1. The number of amides is 1. The van der Waals surface area contributed by atoms with Gasteiger partial charge in [0.05, 0.1) is 4.90 Å². The number of alkyl halides is 1. The third kappa shape index (κ3) is 3.99. The van der Waals surface area contributed by atoms with Crippen LogP contribution >= 0.6 is 11.6 Å². The van der Waals surface area contributed by atoms with E-state index in [1.807, 2.05) is 0 Å². The van der Waals surface area contributed by atoms with Gasteiger partial charge in [-0.05, 0) is 32.0 Å². The van der Waals surface area contributed by atoms with Crippen molar-refractivity contribution >= 4 is 27.3 Å². The molecule has 1 rings (SSSR count). The van der Waals surface area contributed by atoms with E-state index in [2.05, 4.69) is 5.32 Å². The molecule has 0 radical (unpaired) electrons. The fourth-order valence-electron chi connectivity index (χ4n) is 1.28. The van der Waals surface area contributed by atoms with Gasteiger partial charge in [-0.25, -0.2) is 8.42 Å². The smallest absolute Gasteiger partial charge is 0.251 e. The summed E-state index contributed by atoms with van der Waals surface area (Å²) in [5.41, 5.74) is -0.240. The van der Waals surface area contributed by atoms with Crippen LogP contribution in [-0.2, 0) is 9.84 Å². The highest BCUT2D eigenvalue weighted by atomic mass is 35.5. The van der Waals surface area contributed by atoms with Crippen LogP contribution in [0.2, 0.25) is 0 Å². The first kappa shape index (κ1) is 15.0. The zero-order chi connectivity index (χ0) is 14.0. The van der Waals surface area contributed by atoms with E-state index in [1.54, 1.807) is 26.0 Å². The molecule has 100 valence electrons. The molecular weight excluding hydrogens is 274 g/mol. The lowest BCUT2D eigenvalue weighted by Gasteiger charge is -2.23. The van der Waals surface area contributed by atoms with Gasteiger partial charge in [-0.15, -0.1) is 11.6 Å². The predicted molar refractivity (Wildman–Crippen MR) is 71.8 cm³/mol. The van der Waals surface area contributed by atoms with Crippen molar-refractivity contribution in [3.05, 3.63) is 29.8 Å². The Balaban J connectivity index is 3.02. The van der Waals surface area contributed by atoms with Gasteiger partial charge in [0.1, 0.15) is 0 Å². The molecule has 1 aromatic carbocycles. The summed E-state index contributed by atoms with van der Waals surface area (Å²) in [7, 11) is -3.31. The second-order valence-electron chi connectivity index (χ2n) is 4.77. The Labute approximate surface area is 112 Å². The van der Waals surface area contributed by atoms with Crippen molar-refractivity contribution in [1.29, 1.82) is 0 Å². The molecule has 1 aromatic rings. The highest BCUT2D eigenvalue weighted by Gasteiger charge is 2.20. The van der Waals surface area contributed by atoms with Gasteiger partial charge in [-0.1, -0.05) is 6.07 Å². The van der Waals surface area contributed by atoms with E-state index in [9.17, 15) is 13.2 Å². The van der Waals surface area contributed by atoms with Crippen molar-refractivity contribution in [2.24, 2.45) is 0 Å². The quantitative estimate of drug-likeness (QED) is 0.860. The van der Waals surface area contributed by atoms with Crippen molar-refractivity contribution in [2.75, 3.05) is 12.1 Å². The van der Waals surface area contributed by atoms with Crippen molar-refractivity contribution in [2.45, 2.75) is 24.3 Å². The second kappa shape index (κ2) is 5.28. The monoisotopic (exact) mass is 289 g/mol. The highest BCUT2D eigenvalue weighted by molar-refractivity contribution is 7.90. The van der Waals surface area contributed by atoms with E-state index in [0.717, 1.165) is 6.26 Å². The molecule has 1 amide bonds. The first-order valence-corrected chi connectivity index (χ1v) is 7.77. The molecule has 4 nitrogen and oxygen atoms in total. The lowest BCUT2D eigenvalue weighted by molar-refractivity contribution is 0.0920. The number of halogens is 1. The Morgan fingerprint density at radius 2 is 2.00 bits per heavy atom. The summed E-state index contributed by atoms with van der Waals surface area (Å²) in [5, 5.41) is 2.74. The summed E-state index contributed by atoms with van der Waals surface area (Å²) in [6, 6.07) is 5.92. The number of sulfone groups is 1. The van der Waals surface area contributed by atoms with E-state index in [1.165, 1.54) is 12.1 Å². The van der Waals surface area contributed by atoms with Gasteiger partial charge in [0.15, 0.2) is 9.84 Å². The average Bonchev–Trinajstić information content (AvgIpc) is 2.27. The molecule has 6 heteroatoms. The summed E-state index contributed by atoms with van der Waals surface area (Å²) < 4.78 is 22.8. The Morgan fingerprint density at radius 1 is 1.39 bits per heavy atom. The zero-order valence-corrected chi connectivity index (χ0v) is 12.1. The first-order valence-electron chi connectivity index (χ1n) is 5.34. The number of benzene rings is 1. The average molecular weight is 290 g/mol. The molecule has 0 aliphatic rings. The van der Waals surface area contributed by atoms with Crippen molar-refractivity contribution in [1.82, 2.24) is 5.32 Å². The molecule has 0 aliphatic carbocycles. The van der Waals surface area contributed by atoms with Gasteiger partial charge in [-0.3, -0.25) is 4.79 Å². The van der Waals surface area contributed by atoms with Crippen molar-refractivity contribution in [3.8, 4) is 0 Å². The van der Waals surface area contributed by atoms with E-state index >= 15 is 0 Å². The van der Waals surface area contributed by atoms with Crippen LogP contribution in [0, 0.1) is 0 Å². The number of rotatable bonds is 4. The summed E-state index contributed by atoms with van der Waals surface area (Å²) in [6.07, 6.45) is 1.10. The largest absolute Gasteiger partial charge is 0.346 e. The fraction of sp³-hybridized carbons (Fsp3) is 0.417. The number of hydrogen-bond donors (Lipinski definition) is 1. The first-order chi connectivity index (χ1) is 8.15. The molecule has 0 unspecified atom stereocenters. The minimum absolute atomic E-state index is 0.124. The summed E-state index contributed by atoms with van der Waals surface area (Å²) in [5.74, 6) is -0.0732. The number of hydrogen-bond acceptors (Lipinski definition) is 3. The minimum Gasteiger partial charge on any atom is -0.346 e. The van der Waals surface area contributed by atoms with Crippen molar-refractivity contribution in [3.63, 3.8) is 0 Å². The van der Waals surface area contributed by atoms with Crippen LogP contribution in [-0.4, -0.2) is 32.0 Å². The zero-order valence-electron chi connectivity index (χ0n) is 10.5. The van der Waals surface area contributed by atoms with Gasteiger partial charge in [0, 0.05) is 23.2 Å². The highest BCUT2D eigenvalue weighted by Crippen LogP contribution is 2.13. The molecule has 1 N–H and O–H groups in total. The Morgan fingerprint density at radius 3 is 2.50 bits per heavy atom. The standard InChI is InChI=1S/C12H16ClNO3S/c1-12(2,8-13)14-11(15)9-5-4-6-10(7-9)18(3,16)17/h4-7H,8H2,1-3H3,(H,14,15). The van der Waals surface area contributed by atoms with Crippen LogP contribution in [0.15, 0.2) is 29.2 Å². The van der Waals surface area contributed by atoms with Gasteiger partial charge < -0.3 is 5.32 Å². The predicted octanol–water partition coefficient (Wildman–Crippen LogP) is 1.84. The Kier molecular flexibility index (Phi) is 4.40. The lowest BCUT2D eigenvalue weighted by Crippen LogP contribution is -2.44. The van der Waals surface area contributed by atoms with Crippen molar-refractivity contribution < 1.29 is 13.2 Å². The van der Waals surface area contributed by atoms with Crippen LogP contribution < -0.4 is 5.32 Å². The molecule has 0 saturated heterocycles. The van der Waals surface area contributed by atoms with Crippen LogP contribution in [0.1, 0.15) is 24.2 Å². The Hall–Kier alpha value is -1.07. The van der Waals surface area contributed by atoms with E-state index in [0.29, 0.717) is 5.56 Å². The molecular formula is C12H16ClNO3S. The second-order valence-corrected chi connectivity index (χ2v) is 7.05. The van der Waals surface area contributed by atoms with Crippen LogP contribution in [0.4, 0.5) is 0 Å². The van der Waals surface area contributed by atoms with Crippen LogP contribution in [0.25, 0.3) is 0 Å². The molecule has 0 fully saturated rings. The Bertz CT molecular complexity index is 552. The summed E-state index contributed by atoms with van der Waals surface area (Å²) in [6.45, 7) is 3.58. The van der Waals surface area contributed by atoms with Gasteiger partial charge in [0.2, 0.25) is 0 Å². The molecule has 0 atom stereocenters. The van der Waals surface area contributed by atoms with Gasteiger partial charge >= 0.3 is 0 Å². The topological polar surface area (TPSA) is 63.2 Å². The molecule has 18 heavy (non-hydrogen) atoms. The maximum atomic E-state index is 11.9. The molecule has 0 aliphatic heterocycles. The van der Waals surface area contributed by atoms with E-state index < -0.39 is 15.4 Å². The molecule has 0 bridgehead atoms. The van der Waals surface area contributed by atoms with E-state index in [4.69, 9.17) is 11.6 Å². The SMILES string of the molecule is CC(C)(CCl)NC(=O)c1cccc(S(C)(=O)=O)c1. The van der Waals surface area contributed by atoms with Crippen LogP contribution in [0.3, 0.4) is 0 Å². The fourth-order valence-corrected chi connectivity index (χ4v) is 2.01. The molecule has 0 saturated carbocycles. The maximum Gasteiger partial charge on any atom is 0.251 e. The van der Waals surface area contributed by atoms with Gasteiger partial charge in [0.25, 0.3) is 5.91 Å². The summed E-state index contributed by atoms with van der Waals surface area (Å²) in [4.78, 5) is 12.1. The minimum atomic E-state index is -3.31. The van der Waals surface area contributed by atoms with Crippen LogP contribution in [0.5, 0.6) is 0 Å². The maximum absolute atomic E-state index is 11.9. The number of nitrogens with one attached hydrogen (secondary N) is 1.